The minimum absolute atomic E-state index is 0.863. The van der Waals surface area contributed by atoms with E-state index in [2.05, 4.69) is 22.4 Å². The van der Waals surface area contributed by atoms with Crippen LogP contribution >= 0.6 is 11.3 Å². The Morgan fingerprint density at radius 3 is 2.69 bits per heavy atom. The van der Waals surface area contributed by atoms with Gasteiger partial charge in [0, 0.05) is 17.3 Å². The van der Waals surface area contributed by atoms with Gasteiger partial charge in [-0.05, 0) is 43.3 Å². The van der Waals surface area contributed by atoms with Gasteiger partial charge in [0.25, 0.3) is 0 Å². The lowest BCUT2D eigenvalue weighted by Gasteiger charge is -2.44. The van der Waals surface area contributed by atoms with E-state index in [1.807, 2.05) is 11.3 Å². The van der Waals surface area contributed by atoms with Crippen molar-refractivity contribution in [1.29, 1.82) is 0 Å². The molecule has 2 bridgehead atoms. The van der Waals surface area contributed by atoms with Crippen molar-refractivity contribution in [3.8, 4) is 0 Å². The first-order valence-electron chi connectivity index (χ1n) is 5.19. The second-order valence-corrected chi connectivity index (χ2v) is 5.24. The predicted octanol–water partition coefficient (Wildman–Crippen LogP) is 2.56. The van der Waals surface area contributed by atoms with Crippen LogP contribution in [-0.2, 0) is 0 Å². The molecule has 2 heteroatoms. The van der Waals surface area contributed by atoms with Gasteiger partial charge < -0.3 is 4.90 Å². The molecule has 0 N–H and O–H groups in total. The fourth-order valence-electron chi connectivity index (χ4n) is 2.79. The van der Waals surface area contributed by atoms with Crippen LogP contribution in [0.15, 0.2) is 17.5 Å². The van der Waals surface area contributed by atoms with Gasteiger partial charge in [-0.15, -0.1) is 11.3 Å². The SMILES string of the molecule is c1csc(C2CN3CCC2CC3)c1. The number of nitrogens with zero attached hydrogens (tertiary/aromatic N) is 1. The fraction of sp³-hybridized carbons (Fsp3) is 0.636. The summed E-state index contributed by atoms with van der Waals surface area (Å²) in [6.45, 7) is 4.03. The fourth-order valence-corrected chi connectivity index (χ4v) is 3.70. The second kappa shape index (κ2) is 3.10. The Labute approximate surface area is 83.4 Å². The number of piperidine rings is 3. The minimum atomic E-state index is 0.863. The van der Waals surface area contributed by atoms with Crippen molar-refractivity contribution < 1.29 is 0 Å². The van der Waals surface area contributed by atoms with E-state index in [-0.39, 0.29) is 0 Å². The normalized spacial score (nSPS) is 38.0. The Morgan fingerprint density at radius 1 is 1.31 bits per heavy atom. The monoisotopic (exact) mass is 193 g/mol. The zero-order valence-corrected chi connectivity index (χ0v) is 8.59. The third-order valence-corrected chi connectivity index (χ3v) is 4.57. The zero-order chi connectivity index (χ0) is 8.67. The van der Waals surface area contributed by atoms with Crippen LogP contribution in [0.4, 0.5) is 0 Å². The predicted molar refractivity (Wildman–Crippen MR) is 56.2 cm³/mol. The van der Waals surface area contributed by atoms with Gasteiger partial charge in [-0.2, -0.15) is 0 Å². The van der Waals surface area contributed by atoms with Gasteiger partial charge in [-0.1, -0.05) is 6.07 Å². The minimum Gasteiger partial charge on any atom is -0.303 e. The first-order valence-corrected chi connectivity index (χ1v) is 6.07. The van der Waals surface area contributed by atoms with Gasteiger partial charge in [0.1, 0.15) is 0 Å². The molecule has 3 fully saturated rings. The van der Waals surface area contributed by atoms with Crippen LogP contribution in [0.2, 0.25) is 0 Å². The maximum atomic E-state index is 2.63. The van der Waals surface area contributed by atoms with Gasteiger partial charge in [0.15, 0.2) is 0 Å². The molecule has 0 aromatic carbocycles. The number of hydrogen-bond donors (Lipinski definition) is 0. The molecule has 1 unspecified atom stereocenters. The molecule has 0 radical (unpaired) electrons. The lowest BCUT2D eigenvalue weighted by atomic mass is 9.78. The highest BCUT2D eigenvalue weighted by Crippen LogP contribution is 2.40. The molecule has 3 saturated heterocycles. The molecule has 13 heavy (non-hydrogen) atoms. The maximum Gasteiger partial charge on any atom is 0.00917 e. The van der Waals surface area contributed by atoms with E-state index in [0.29, 0.717) is 0 Å². The molecule has 0 amide bonds. The summed E-state index contributed by atoms with van der Waals surface area (Å²) >= 11 is 1.94. The lowest BCUT2D eigenvalue weighted by molar-refractivity contribution is 0.0885. The summed E-state index contributed by atoms with van der Waals surface area (Å²) in [5, 5.41) is 2.22. The Bertz CT molecular complexity index is 272. The quantitative estimate of drug-likeness (QED) is 0.662. The van der Waals surface area contributed by atoms with Crippen LogP contribution in [0.5, 0.6) is 0 Å². The van der Waals surface area contributed by atoms with Crippen LogP contribution < -0.4 is 0 Å². The summed E-state index contributed by atoms with van der Waals surface area (Å²) in [6.07, 6.45) is 2.87. The molecular formula is C11H15NS. The van der Waals surface area contributed by atoms with Gasteiger partial charge in [0.05, 0.1) is 0 Å². The number of thiophene rings is 1. The molecule has 1 aromatic heterocycles. The van der Waals surface area contributed by atoms with Crippen LogP contribution in [0.1, 0.15) is 23.6 Å². The van der Waals surface area contributed by atoms with Gasteiger partial charge >= 0.3 is 0 Å². The highest BCUT2D eigenvalue weighted by Gasteiger charge is 2.35. The molecule has 3 aliphatic heterocycles. The average molecular weight is 193 g/mol. The second-order valence-electron chi connectivity index (χ2n) is 4.26. The van der Waals surface area contributed by atoms with Crippen molar-refractivity contribution in [2.24, 2.45) is 5.92 Å². The number of rotatable bonds is 1. The zero-order valence-electron chi connectivity index (χ0n) is 7.78. The van der Waals surface area contributed by atoms with E-state index >= 15 is 0 Å². The Morgan fingerprint density at radius 2 is 2.15 bits per heavy atom. The van der Waals surface area contributed by atoms with Crippen molar-refractivity contribution in [2.45, 2.75) is 18.8 Å². The van der Waals surface area contributed by atoms with E-state index < -0.39 is 0 Å². The Kier molecular flexibility index (Phi) is 1.91. The molecule has 4 heterocycles. The van der Waals surface area contributed by atoms with E-state index in [0.717, 1.165) is 11.8 Å². The molecule has 0 aliphatic carbocycles. The third kappa shape index (κ3) is 1.32. The van der Waals surface area contributed by atoms with E-state index in [1.54, 1.807) is 4.88 Å². The molecule has 0 spiro atoms. The summed E-state index contributed by atoms with van der Waals surface area (Å²) in [5.74, 6) is 1.85. The topological polar surface area (TPSA) is 3.24 Å². The van der Waals surface area contributed by atoms with Crippen LogP contribution in [0.3, 0.4) is 0 Å². The third-order valence-electron chi connectivity index (χ3n) is 3.56. The van der Waals surface area contributed by atoms with Gasteiger partial charge in [-0.25, -0.2) is 0 Å². The van der Waals surface area contributed by atoms with E-state index in [4.69, 9.17) is 0 Å². The largest absolute Gasteiger partial charge is 0.303 e. The van der Waals surface area contributed by atoms with Crippen LogP contribution in [0, 0.1) is 5.92 Å². The summed E-state index contributed by atoms with van der Waals surface area (Å²) in [6, 6.07) is 4.51. The van der Waals surface area contributed by atoms with Gasteiger partial charge in [0.2, 0.25) is 0 Å². The maximum absolute atomic E-state index is 2.63. The first kappa shape index (κ1) is 8.01. The van der Waals surface area contributed by atoms with E-state index in [1.165, 1.54) is 32.5 Å². The average Bonchev–Trinajstić information content (AvgIpc) is 2.72. The number of fused-ring (bicyclic) bond motifs is 3. The molecule has 0 saturated carbocycles. The summed E-state index contributed by atoms with van der Waals surface area (Å²) in [5.41, 5.74) is 0. The van der Waals surface area contributed by atoms with Crippen molar-refractivity contribution in [3.05, 3.63) is 22.4 Å². The summed E-state index contributed by atoms with van der Waals surface area (Å²) in [4.78, 5) is 4.25. The summed E-state index contributed by atoms with van der Waals surface area (Å²) < 4.78 is 0. The molecule has 1 atom stereocenters. The lowest BCUT2D eigenvalue weighted by Crippen LogP contribution is -2.45. The highest BCUT2D eigenvalue weighted by atomic mass is 32.1. The summed E-state index contributed by atoms with van der Waals surface area (Å²) in [7, 11) is 0. The molecule has 4 rings (SSSR count). The van der Waals surface area contributed by atoms with Crippen molar-refractivity contribution in [3.63, 3.8) is 0 Å². The van der Waals surface area contributed by atoms with Gasteiger partial charge in [-0.3, -0.25) is 0 Å². The smallest absolute Gasteiger partial charge is 0.00917 e. The molecule has 1 aromatic rings. The van der Waals surface area contributed by atoms with Crippen molar-refractivity contribution in [2.75, 3.05) is 19.6 Å². The molecule has 70 valence electrons. The number of hydrogen-bond acceptors (Lipinski definition) is 2. The van der Waals surface area contributed by atoms with Crippen molar-refractivity contribution in [1.82, 2.24) is 4.90 Å². The highest BCUT2D eigenvalue weighted by molar-refractivity contribution is 7.10. The Hall–Kier alpha value is -0.340. The molecule has 3 aliphatic rings. The first-order chi connectivity index (χ1) is 6.43. The molecular weight excluding hydrogens is 178 g/mol. The molecule has 1 nitrogen and oxygen atoms in total. The standard InChI is InChI=1S/C11H15NS/c1-2-11(13-7-1)10-8-12-5-3-9(10)4-6-12/h1-2,7,9-10H,3-6,8H2. The van der Waals surface area contributed by atoms with Crippen LogP contribution in [0.25, 0.3) is 0 Å². The van der Waals surface area contributed by atoms with Crippen molar-refractivity contribution >= 4 is 11.3 Å². The Balaban J connectivity index is 1.85. The van der Waals surface area contributed by atoms with E-state index in [9.17, 15) is 0 Å². The van der Waals surface area contributed by atoms with Crippen LogP contribution in [-0.4, -0.2) is 24.5 Å².